The third kappa shape index (κ3) is 5.03. The number of furan rings is 1. The Morgan fingerprint density at radius 1 is 1.41 bits per heavy atom. The molecule has 2 heterocycles. The SMILES string of the molecule is C=CCn1c(SCC(O)COc2cccc(Br)c2)nnc1-c1ccoc1C. The molecule has 0 amide bonds. The molecule has 1 atom stereocenters. The van der Waals surface area contributed by atoms with Crippen LogP contribution in [0.4, 0.5) is 0 Å². The number of aryl methyl sites for hydroxylation is 1. The molecule has 6 nitrogen and oxygen atoms in total. The van der Waals surface area contributed by atoms with Crippen LogP contribution in [0, 0.1) is 6.92 Å². The predicted octanol–water partition coefficient (Wildman–Crippen LogP) is 4.33. The number of ether oxygens (including phenoxy) is 1. The van der Waals surface area contributed by atoms with Crippen LogP contribution in [0.2, 0.25) is 0 Å². The summed E-state index contributed by atoms with van der Waals surface area (Å²) < 4.78 is 13.9. The first-order valence-electron chi connectivity index (χ1n) is 8.36. The average molecular weight is 450 g/mol. The number of allylic oxidation sites excluding steroid dienone is 1. The Bertz CT molecular complexity index is 909. The zero-order valence-electron chi connectivity index (χ0n) is 14.8. The third-order valence-electron chi connectivity index (χ3n) is 3.77. The van der Waals surface area contributed by atoms with Crippen molar-refractivity contribution >= 4 is 27.7 Å². The normalized spacial score (nSPS) is 12.1. The van der Waals surface area contributed by atoms with Crippen molar-refractivity contribution in [3.05, 3.63) is 59.5 Å². The number of nitrogens with zero attached hydrogens (tertiary/aromatic N) is 3. The Morgan fingerprint density at radius 3 is 2.96 bits per heavy atom. The lowest BCUT2D eigenvalue weighted by Crippen LogP contribution is -2.20. The Kier molecular flexibility index (Phi) is 6.76. The molecule has 1 N–H and O–H groups in total. The van der Waals surface area contributed by atoms with Crippen molar-refractivity contribution in [2.24, 2.45) is 0 Å². The van der Waals surface area contributed by atoms with E-state index >= 15 is 0 Å². The molecule has 0 aliphatic carbocycles. The molecular weight excluding hydrogens is 430 g/mol. The van der Waals surface area contributed by atoms with Crippen molar-refractivity contribution in [2.75, 3.05) is 12.4 Å². The summed E-state index contributed by atoms with van der Waals surface area (Å²) in [5, 5.41) is 19.5. The van der Waals surface area contributed by atoms with Crippen LogP contribution in [0.1, 0.15) is 5.76 Å². The van der Waals surface area contributed by atoms with Crippen molar-refractivity contribution in [2.45, 2.75) is 24.7 Å². The van der Waals surface area contributed by atoms with E-state index in [2.05, 4.69) is 32.7 Å². The first-order valence-corrected chi connectivity index (χ1v) is 10.1. The maximum Gasteiger partial charge on any atom is 0.191 e. The molecule has 3 aromatic rings. The Hall–Kier alpha value is -2.03. The highest BCUT2D eigenvalue weighted by atomic mass is 79.9. The highest BCUT2D eigenvalue weighted by Gasteiger charge is 2.18. The fraction of sp³-hybridized carbons (Fsp3) is 0.263. The van der Waals surface area contributed by atoms with Gasteiger partial charge in [0, 0.05) is 16.8 Å². The van der Waals surface area contributed by atoms with Gasteiger partial charge in [-0.1, -0.05) is 39.8 Å². The number of benzene rings is 1. The molecule has 8 heteroatoms. The molecule has 0 saturated carbocycles. The molecular formula is C19H20BrN3O3S. The predicted molar refractivity (Wildman–Crippen MR) is 109 cm³/mol. The van der Waals surface area contributed by atoms with Gasteiger partial charge in [0.1, 0.15) is 18.1 Å². The van der Waals surface area contributed by atoms with E-state index in [1.165, 1.54) is 11.8 Å². The molecule has 0 bridgehead atoms. The van der Waals surface area contributed by atoms with Crippen molar-refractivity contribution in [1.82, 2.24) is 14.8 Å². The molecule has 0 aliphatic heterocycles. The van der Waals surface area contributed by atoms with Crippen LogP contribution >= 0.6 is 27.7 Å². The summed E-state index contributed by atoms with van der Waals surface area (Å²) >= 11 is 4.83. The van der Waals surface area contributed by atoms with E-state index < -0.39 is 6.10 Å². The first-order chi connectivity index (χ1) is 13.1. The van der Waals surface area contributed by atoms with Gasteiger partial charge in [0.2, 0.25) is 0 Å². The number of aliphatic hydroxyl groups is 1. The van der Waals surface area contributed by atoms with Gasteiger partial charge in [0.05, 0.1) is 17.9 Å². The van der Waals surface area contributed by atoms with E-state index in [9.17, 15) is 5.11 Å². The van der Waals surface area contributed by atoms with Crippen LogP contribution in [-0.2, 0) is 6.54 Å². The van der Waals surface area contributed by atoms with Gasteiger partial charge < -0.3 is 14.3 Å². The second-order valence-electron chi connectivity index (χ2n) is 5.83. The molecule has 27 heavy (non-hydrogen) atoms. The molecule has 0 fully saturated rings. The second-order valence-corrected chi connectivity index (χ2v) is 7.73. The van der Waals surface area contributed by atoms with Gasteiger partial charge in [0.25, 0.3) is 0 Å². The van der Waals surface area contributed by atoms with E-state index in [0.29, 0.717) is 23.2 Å². The highest BCUT2D eigenvalue weighted by Crippen LogP contribution is 2.27. The van der Waals surface area contributed by atoms with E-state index in [4.69, 9.17) is 9.15 Å². The molecule has 0 radical (unpaired) electrons. The molecule has 142 valence electrons. The minimum absolute atomic E-state index is 0.201. The van der Waals surface area contributed by atoms with E-state index in [1.807, 2.05) is 41.8 Å². The fourth-order valence-corrected chi connectivity index (χ4v) is 3.70. The summed E-state index contributed by atoms with van der Waals surface area (Å²) in [5.41, 5.74) is 0.898. The molecule has 1 unspecified atom stereocenters. The van der Waals surface area contributed by atoms with Gasteiger partial charge >= 0.3 is 0 Å². The largest absolute Gasteiger partial charge is 0.491 e. The molecule has 0 aliphatic rings. The lowest BCUT2D eigenvalue weighted by atomic mass is 10.2. The zero-order valence-corrected chi connectivity index (χ0v) is 17.2. The Labute approximate surface area is 170 Å². The minimum atomic E-state index is -0.637. The molecule has 1 aromatic carbocycles. The zero-order chi connectivity index (χ0) is 19.2. The number of thioether (sulfide) groups is 1. The van der Waals surface area contributed by atoms with Gasteiger partial charge in [-0.25, -0.2) is 0 Å². The molecule has 3 rings (SSSR count). The highest BCUT2D eigenvalue weighted by molar-refractivity contribution is 9.10. The van der Waals surface area contributed by atoms with Crippen LogP contribution in [0.15, 0.2) is 63.3 Å². The summed E-state index contributed by atoms with van der Waals surface area (Å²) in [6.07, 6.45) is 2.79. The Morgan fingerprint density at radius 2 is 2.26 bits per heavy atom. The van der Waals surface area contributed by atoms with Gasteiger partial charge in [-0.15, -0.1) is 16.8 Å². The third-order valence-corrected chi connectivity index (χ3v) is 5.38. The van der Waals surface area contributed by atoms with E-state index in [1.54, 1.807) is 12.3 Å². The lowest BCUT2D eigenvalue weighted by molar-refractivity contribution is 0.126. The number of aliphatic hydroxyl groups excluding tert-OH is 1. The summed E-state index contributed by atoms with van der Waals surface area (Å²) in [6.45, 7) is 6.46. The van der Waals surface area contributed by atoms with Gasteiger partial charge in [-0.2, -0.15) is 0 Å². The van der Waals surface area contributed by atoms with E-state index in [-0.39, 0.29) is 6.61 Å². The standard InChI is InChI=1S/C19H20BrN3O3S/c1-3-8-23-18(17-7-9-25-13(17)2)21-22-19(23)27-12-15(24)11-26-16-6-4-5-14(20)10-16/h3-7,9-10,15,24H,1,8,11-12H2,2H3. The topological polar surface area (TPSA) is 73.3 Å². The molecule has 0 saturated heterocycles. The van der Waals surface area contributed by atoms with Gasteiger partial charge in [-0.3, -0.25) is 4.57 Å². The number of halogens is 1. The number of hydrogen-bond acceptors (Lipinski definition) is 6. The minimum Gasteiger partial charge on any atom is -0.491 e. The quantitative estimate of drug-likeness (QED) is 0.387. The first kappa shape index (κ1) is 19.7. The maximum atomic E-state index is 10.2. The van der Waals surface area contributed by atoms with Crippen molar-refractivity contribution < 1.29 is 14.3 Å². The Balaban J connectivity index is 1.62. The second kappa shape index (κ2) is 9.25. The lowest BCUT2D eigenvalue weighted by Gasteiger charge is -2.12. The van der Waals surface area contributed by atoms with Gasteiger partial charge in [0.15, 0.2) is 11.0 Å². The van der Waals surface area contributed by atoms with Crippen molar-refractivity contribution in [3.63, 3.8) is 0 Å². The van der Waals surface area contributed by atoms with Crippen LogP contribution < -0.4 is 4.74 Å². The molecule has 2 aromatic heterocycles. The summed E-state index contributed by atoms with van der Waals surface area (Å²) in [6, 6.07) is 9.39. The smallest absolute Gasteiger partial charge is 0.191 e. The number of hydrogen-bond donors (Lipinski definition) is 1. The average Bonchev–Trinajstić information content (AvgIpc) is 3.24. The fourth-order valence-electron chi connectivity index (χ4n) is 2.47. The maximum absolute atomic E-state index is 10.2. The number of rotatable bonds is 9. The monoisotopic (exact) mass is 449 g/mol. The molecule has 0 spiro atoms. The van der Waals surface area contributed by atoms with Crippen LogP contribution in [0.25, 0.3) is 11.4 Å². The van der Waals surface area contributed by atoms with Gasteiger partial charge in [-0.05, 0) is 31.2 Å². The number of aromatic nitrogens is 3. The van der Waals surface area contributed by atoms with Crippen molar-refractivity contribution in [1.29, 1.82) is 0 Å². The van der Waals surface area contributed by atoms with E-state index in [0.717, 1.165) is 21.6 Å². The van der Waals surface area contributed by atoms with Crippen LogP contribution in [0.3, 0.4) is 0 Å². The summed E-state index contributed by atoms with van der Waals surface area (Å²) in [5.74, 6) is 2.66. The summed E-state index contributed by atoms with van der Waals surface area (Å²) in [4.78, 5) is 0. The van der Waals surface area contributed by atoms with Crippen molar-refractivity contribution in [3.8, 4) is 17.1 Å². The summed E-state index contributed by atoms with van der Waals surface area (Å²) in [7, 11) is 0. The van der Waals surface area contributed by atoms with Crippen LogP contribution in [0.5, 0.6) is 5.75 Å². The van der Waals surface area contributed by atoms with Crippen LogP contribution in [-0.4, -0.2) is 38.3 Å².